The standard InChI is InChI=1S/C18H18ClNO2/c1-12-7-8-13(11-15(12)19)20-17(21)18(9-10-18)14-5-3-4-6-16(14)22-2/h3-8,11H,9-10H2,1-2H3,(H,20,21). The number of aryl methyl sites for hydroxylation is 1. The highest BCUT2D eigenvalue weighted by Crippen LogP contribution is 2.52. The van der Waals surface area contributed by atoms with Crippen molar-refractivity contribution >= 4 is 23.2 Å². The van der Waals surface area contributed by atoms with Gasteiger partial charge in [-0.25, -0.2) is 0 Å². The monoisotopic (exact) mass is 315 g/mol. The average Bonchev–Trinajstić information content (AvgIpc) is 3.32. The molecule has 114 valence electrons. The van der Waals surface area contributed by atoms with Gasteiger partial charge in [0.1, 0.15) is 5.75 Å². The lowest BCUT2D eigenvalue weighted by Gasteiger charge is -2.18. The Kier molecular flexibility index (Phi) is 3.83. The molecule has 0 radical (unpaired) electrons. The molecular weight excluding hydrogens is 298 g/mol. The predicted molar refractivity (Wildman–Crippen MR) is 88.7 cm³/mol. The van der Waals surface area contributed by atoms with Crippen LogP contribution >= 0.6 is 11.6 Å². The molecule has 1 aliphatic carbocycles. The number of nitrogens with one attached hydrogen (secondary N) is 1. The number of carbonyl (C=O) groups is 1. The summed E-state index contributed by atoms with van der Waals surface area (Å²) in [5.74, 6) is 0.758. The summed E-state index contributed by atoms with van der Waals surface area (Å²) in [4.78, 5) is 12.8. The first-order valence-corrected chi connectivity index (χ1v) is 7.66. The maximum absolute atomic E-state index is 12.8. The summed E-state index contributed by atoms with van der Waals surface area (Å²) in [6, 6.07) is 13.3. The number of hydrogen-bond donors (Lipinski definition) is 1. The molecule has 22 heavy (non-hydrogen) atoms. The van der Waals surface area contributed by atoms with Crippen LogP contribution in [-0.4, -0.2) is 13.0 Å². The average molecular weight is 316 g/mol. The number of halogens is 1. The second-order valence-corrected chi connectivity index (χ2v) is 6.11. The van der Waals surface area contributed by atoms with Crippen LogP contribution in [0.2, 0.25) is 5.02 Å². The minimum atomic E-state index is -0.482. The summed E-state index contributed by atoms with van der Waals surface area (Å²) >= 11 is 6.12. The number of anilines is 1. The van der Waals surface area contributed by atoms with E-state index in [0.717, 1.165) is 35.4 Å². The molecule has 1 N–H and O–H groups in total. The smallest absolute Gasteiger partial charge is 0.235 e. The maximum atomic E-state index is 12.8. The van der Waals surface area contributed by atoms with Crippen molar-refractivity contribution in [1.29, 1.82) is 0 Å². The Labute approximate surface area is 135 Å². The Morgan fingerprint density at radius 3 is 2.59 bits per heavy atom. The summed E-state index contributed by atoms with van der Waals surface area (Å²) < 4.78 is 5.41. The number of rotatable bonds is 4. The van der Waals surface area contributed by atoms with E-state index in [1.54, 1.807) is 13.2 Å². The highest BCUT2D eigenvalue weighted by molar-refractivity contribution is 6.31. The summed E-state index contributed by atoms with van der Waals surface area (Å²) in [5.41, 5.74) is 2.18. The topological polar surface area (TPSA) is 38.3 Å². The quantitative estimate of drug-likeness (QED) is 0.912. The molecule has 3 nitrogen and oxygen atoms in total. The molecule has 1 aliphatic rings. The Morgan fingerprint density at radius 2 is 1.95 bits per heavy atom. The molecule has 3 rings (SSSR count). The van der Waals surface area contributed by atoms with Crippen LogP contribution in [0.5, 0.6) is 5.75 Å². The third-order valence-electron chi connectivity index (χ3n) is 4.24. The SMILES string of the molecule is COc1ccccc1C1(C(=O)Nc2ccc(C)c(Cl)c2)CC1. The molecule has 0 aliphatic heterocycles. The molecule has 4 heteroatoms. The predicted octanol–water partition coefficient (Wildman–Crippen LogP) is 4.33. The number of methoxy groups -OCH3 is 1. The van der Waals surface area contributed by atoms with E-state index >= 15 is 0 Å². The summed E-state index contributed by atoms with van der Waals surface area (Å²) in [6.07, 6.45) is 1.66. The third-order valence-corrected chi connectivity index (χ3v) is 4.64. The van der Waals surface area contributed by atoms with Gasteiger partial charge in [0.25, 0.3) is 0 Å². The van der Waals surface area contributed by atoms with E-state index < -0.39 is 5.41 Å². The number of para-hydroxylation sites is 1. The van der Waals surface area contributed by atoms with Gasteiger partial charge >= 0.3 is 0 Å². The van der Waals surface area contributed by atoms with E-state index in [-0.39, 0.29) is 5.91 Å². The van der Waals surface area contributed by atoms with Gasteiger partial charge in [0, 0.05) is 16.3 Å². The van der Waals surface area contributed by atoms with E-state index in [9.17, 15) is 4.79 Å². The van der Waals surface area contributed by atoms with E-state index in [4.69, 9.17) is 16.3 Å². The number of amides is 1. The van der Waals surface area contributed by atoms with E-state index in [0.29, 0.717) is 5.02 Å². The zero-order valence-electron chi connectivity index (χ0n) is 12.7. The van der Waals surface area contributed by atoms with Crippen LogP contribution in [0.4, 0.5) is 5.69 Å². The minimum absolute atomic E-state index is 0.00285. The van der Waals surface area contributed by atoms with Gasteiger partial charge in [0.2, 0.25) is 5.91 Å². The molecule has 2 aromatic carbocycles. The lowest BCUT2D eigenvalue weighted by molar-refractivity contribution is -0.118. The highest BCUT2D eigenvalue weighted by atomic mass is 35.5. The third kappa shape index (κ3) is 2.57. The van der Waals surface area contributed by atoms with Crippen molar-refractivity contribution in [1.82, 2.24) is 0 Å². The summed E-state index contributed by atoms with van der Waals surface area (Å²) in [7, 11) is 1.63. The number of benzene rings is 2. The van der Waals surface area contributed by atoms with Crippen molar-refractivity contribution in [3.8, 4) is 5.75 Å². The van der Waals surface area contributed by atoms with Crippen molar-refractivity contribution in [3.05, 3.63) is 58.6 Å². The van der Waals surface area contributed by atoms with Crippen molar-refractivity contribution in [2.24, 2.45) is 0 Å². The van der Waals surface area contributed by atoms with Gasteiger partial charge in [-0.15, -0.1) is 0 Å². The Balaban J connectivity index is 1.86. The van der Waals surface area contributed by atoms with E-state index in [1.165, 1.54) is 0 Å². The molecule has 2 aromatic rings. The Hall–Kier alpha value is -2.00. The molecular formula is C18H18ClNO2. The largest absolute Gasteiger partial charge is 0.496 e. The summed E-state index contributed by atoms with van der Waals surface area (Å²) in [6.45, 7) is 1.94. The van der Waals surface area contributed by atoms with Crippen LogP contribution < -0.4 is 10.1 Å². The molecule has 0 heterocycles. The number of hydrogen-bond acceptors (Lipinski definition) is 2. The zero-order chi connectivity index (χ0) is 15.7. The van der Waals surface area contributed by atoms with Crippen LogP contribution in [-0.2, 0) is 10.2 Å². The lowest BCUT2D eigenvalue weighted by Crippen LogP contribution is -2.28. The molecule has 0 aromatic heterocycles. The highest BCUT2D eigenvalue weighted by Gasteiger charge is 2.52. The first-order chi connectivity index (χ1) is 10.6. The summed E-state index contributed by atoms with van der Waals surface area (Å²) in [5, 5.41) is 3.64. The molecule has 1 saturated carbocycles. The van der Waals surface area contributed by atoms with Gasteiger partial charge in [0.15, 0.2) is 0 Å². The number of carbonyl (C=O) groups excluding carboxylic acids is 1. The van der Waals surface area contributed by atoms with Gasteiger partial charge in [-0.05, 0) is 43.5 Å². The van der Waals surface area contributed by atoms with Gasteiger partial charge in [-0.1, -0.05) is 35.9 Å². The fourth-order valence-corrected chi connectivity index (χ4v) is 2.89. The molecule has 0 saturated heterocycles. The lowest BCUT2D eigenvalue weighted by atomic mass is 9.94. The Bertz CT molecular complexity index is 723. The molecule has 0 spiro atoms. The van der Waals surface area contributed by atoms with Gasteiger partial charge < -0.3 is 10.1 Å². The van der Waals surface area contributed by atoms with Crippen molar-refractivity contribution in [2.45, 2.75) is 25.2 Å². The molecule has 1 amide bonds. The molecule has 0 atom stereocenters. The van der Waals surface area contributed by atoms with Gasteiger partial charge in [0.05, 0.1) is 12.5 Å². The van der Waals surface area contributed by atoms with Crippen molar-refractivity contribution < 1.29 is 9.53 Å². The van der Waals surface area contributed by atoms with Crippen LogP contribution in [0.1, 0.15) is 24.0 Å². The van der Waals surface area contributed by atoms with Gasteiger partial charge in [-0.2, -0.15) is 0 Å². The molecule has 0 bridgehead atoms. The second kappa shape index (κ2) is 5.65. The first-order valence-electron chi connectivity index (χ1n) is 7.28. The minimum Gasteiger partial charge on any atom is -0.496 e. The normalized spacial score (nSPS) is 15.2. The van der Waals surface area contributed by atoms with Crippen LogP contribution in [0, 0.1) is 6.92 Å². The van der Waals surface area contributed by atoms with Gasteiger partial charge in [-0.3, -0.25) is 4.79 Å². The van der Waals surface area contributed by atoms with Crippen LogP contribution in [0.25, 0.3) is 0 Å². The van der Waals surface area contributed by atoms with Crippen molar-refractivity contribution in [3.63, 3.8) is 0 Å². The van der Waals surface area contributed by atoms with E-state index in [2.05, 4.69) is 5.32 Å². The molecule has 0 unspecified atom stereocenters. The Morgan fingerprint density at radius 1 is 1.23 bits per heavy atom. The fourth-order valence-electron chi connectivity index (χ4n) is 2.71. The fraction of sp³-hybridized carbons (Fsp3) is 0.278. The number of ether oxygens (including phenoxy) is 1. The van der Waals surface area contributed by atoms with E-state index in [1.807, 2.05) is 43.3 Å². The second-order valence-electron chi connectivity index (χ2n) is 5.70. The molecule has 1 fully saturated rings. The maximum Gasteiger partial charge on any atom is 0.235 e. The first kappa shape index (κ1) is 14.9. The van der Waals surface area contributed by atoms with Crippen LogP contribution in [0.15, 0.2) is 42.5 Å². The van der Waals surface area contributed by atoms with Crippen LogP contribution in [0.3, 0.4) is 0 Å². The zero-order valence-corrected chi connectivity index (χ0v) is 13.4. The van der Waals surface area contributed by atoms with Crippen molar-refractivity contribution in [2.75, 3.05) is 12.4 Å².